The molecule has 7 nitrogen and oxygen atoms in total. The summed E-state index contributed by atoms with van der Waals surface area (Å²) in [5.74, 6) is -6.55. The fraction of sp³-hybridized carbons (Fsp3) is 0.971. The molecule has 0 aliphatic rings. The van der Waals surface area contributed by atoms with Crippen LogP contribution in [0.2, 0.25) is 0 Å². The number of phosphoric ester groups is 1. The van der Waals surface area contributed by atoms with E-state index < -0.39 is 38.7 Å². The number of halogens is 2. The smallest absolute Gasteiger partial charge is 0.381 e. The number of likely N-dealkylation sites (N-methyl/N-ethyl adjacent to an activating group) is 1. The first-order chi connectivity index (χ1) is 20.9. The molecule has 0 heterocycles. The summed E-state index contributed by atoms with van der Waals surface area (Å²) in [6.07, 6.45) is 22.0. The van der Waals surface area contributed by atoms with E-state index >= 15 is 8.78 Å². The Labute approximate surface area is 269 Å². The molecule has 0 aliphatic carbocycles. The lowest BCUT2D eigenvalue weighted by molar-refractivity contribution is -0.870. The summed E-state index contributed by atoms with van der Waals surface area (Å²) < 4.78 is 59.0. The van der Waals surface area contributed by atoms with Gasteiger partial charge in [-0.1, -0.05) is 129 Å². The molecule has 0 amide bonds. The highest BCUT2D eigenvalue weighted by molar-refractivity contribution is 7.47. The number of carbonyl (C=O) groups is 1. The average molecular weight is 657 g/mol. The molecule has 0 rings (SSSR count). The summed E-state index contributed by atoms with van der Waals surface area (Å²) in [5, 5.41) is 0. The topological polar surface area (TPSA) is 82.1 Å². The van der Waals surface area contributed by atoms with Gasteiger partial charge >= 0.3 is 13.7 Å². The Morgan fingerprint density at radius 1 is 0.682 bits per heavy atom. The summed E-state index contributed by atoms with van der Waals surface area (Å²) >= 11 is 0. The van der Waals surface area contributed by atoms with Gasteiger partial charge in [0.25, 0.3) is 0 Å². The zero-order valence-electron chi connectivity index (χ0n) is 29.1. The van der Waals surface area contributed by atoms with Crippen LogP contribution >= 0.6 is 7.82 Å². The molecule has 0 aromatic heterocycles. The molecular formula is C34H69F2NO6P+. The number of hydrogen-bond donors (Lipinski definition) is 1. The molecular weight excluding hydrogens is 587 g/mol. The fourth-order valence-electron chi connectivity index (χ4n) is 4.99. The highest BCUT2D eigenvalue weighted by atomic mass is 31.2. The van der Waals surface area contributed by atoms with Crippen molar-refractivity contribution in [1.29, 1.82) is 0 Å². The molecule has 264 valence electrons. The van der Waals surface area contributed by atoms with Gasteiger partial charge in [0.05, 0.1) is 40.3 Å². The van der Waals surface area contributed by atoms with Crippen molar-refractivity contribution in [1.82, 2.24) is 0 Å². The second-order valence-corrected chi connectivity index (χ2v) is 15.0. The van der Waals surface area contributed by atoms with Crippen LogP contribution in [0.4, 0.5) is 8.78 Å². The predicted molar refractivity (Wildman–Crippen MR) is 177 cm³/mol. The Bertz CT molecular complexity index is 735. The van der Waals surface area contributed by atoms with Crippen LogP contribution in [0, 0.1) is 5.92 Å². The second kappa shape index (κ2) is 26.6. The number of phosphoric acid groups is 1. The quantitative estimate of drug-likeness (QED) is 0.0430. The highest BCUT2D eigenvalue weighted by Crippen LogP contribution is 2.44. The van der Waals surface area contributed by atoms with Crippen molar-refractivity contribution in [3.63, 3.8) is 0 Å². The maximum atomic E-state index is 15.3. The molecule has 0 saturated carbocycles. The van der Waals surface area contributed by atoms with Crippen LogP contribution in [0.15, 0.2) is 0 Å². The monoisotopic (exact) mass is 656 g/mol. The van der Waals surface area contributed by atoms with Gasteiger partial charge in [0.15, 0.2) is 0 Å². The van der Waals surface area contributed by atoms with Crippen LogP contribution < -0.4 is 0 Å². The first-order valence-electron chi connectivity index (χ1n) is 17.8. The number of ketones is 1. The van der Waals surface area contributed by atoms with Crippen molar-refractivity contribution in [2.45, 2.75) is 155 Å². The third-order valence-corrected chi connectivity index (χ3v) is 9.04. The molecule has 0 saturated heterocycles. The van der Waals surface area contributed by atoms with E-state index in [9.17, 15) is 14.3 Å². The zero-order valence-corrected chi connectivity index (χ0v) is 30.0. The van der Waals surface area contributed by atoms with E-state index in [0.717, 1.165) is 57.8 Å². The highest BCUT2D eigenvalue weighted by Gasteiger charge is 2.47. The van der Waals surface area contributed by atoms with Gasteiger partial charge in [0, 0.05) is 13.0 Å². The Morgan fingerprint density at radius 2 is 1.11 bits per heavy atom. The van der Waals surface area contributed by atoms with Gasteiger partial charge in [-0.25, -0.2) is 4.57 Å². The van der Waals surface area contributed by atoms with Gasteiger partial charge in [-0.05, 0) is 12.8 Å². The van der Waals surface area contributed by atoms with Crippen molar-refractivity contribution in [2.75, 3.05) is 54.1 Å². The summed E-state index contributed by atoms with van der Waals surface area (Å²) in [5.41, 5.74) is 0. The molecule has 10 heteroatoms. The van der Waals surface area contributed by atoms with Gasteiger partial charge < -0.3 is 14.1 Å². The van der Waals surface area contributed by atoms with Crippen LogP contribution in [0.25, 0.3) is 0 Å². The SMILES string of the molecule is CCCCCCCCCCCCCCCCC(=O)C(F)(F)C(COCCCCCCCC)COP(=O)(O)OCC[N+](C)(C)C. The number of carbonyl (C=O) groups excluding carboxylic acids is 1. The summed E-state index contributed by atoms with van der Waals surface area (Å²) in [6, 6.07) is 0. The zero-order chi connectivity index (χ0) is 33.2. The molecule has 0 fully saturated rings. The first kappa shape index (κ1) is 43.6. The minimum atomic E-state index is -4.56. The number of unbranched alkanes of at least 4 members (excludes halogenated alkanes) is 18. The molecule has 0 aromatic carbocycles. The minimum absolute atomic E-state index is 0.0646. The molecule has 0 aromatic rings. The van der Waals surface area contributed by atoms with Crippen LogP contribution in [0.3, 0.4) is 0 Å². The van der Waals surface area contributed by atoms with E-state index in [4.69, 9.17) is 13.8 Å². The Hall–Kier alpha value is -0.440. The lowest BCUT2D eigenvalue weighted by atomic mass is 9.95. The van der Waals surface area contributed by atoms with Gasteiger partial charge in [0.2, 0.25) is 5.78 Å². The van der Waals surface area contributed by atoms with E-state index in [1.54, 1.807) is 0 Å². The van der Waals surface area contributed by atoms with Crippen molar-refractivity contribution in [3.8, 4) is 0 Å². The van der Waals surface area contributed by atoms with E-state index in [2.05, 4.69) is 13.8 Å². The van der Waals surface area contributed by atoms with Crippen molar-refractivity contribution in [2.24, 2.45) is 5.92 Å². The maximum Gasteiger partial charge on any atom is 0.472 e. The van der Waals surface area contributed by atoms with E-state index in [1.165, 1.54) is 64.2 Å². The Morgan fingerprint density at radius 3 is 1.57 bits per heavy atom. The minimum Gasteiger partial charge on any atom is -0.381 e. The summed E-state index contributed by atoms with van der Waals surface area (Å²) in [6.45, 7) is 3.82. The molecule has 0 spiro atoms. The van der Waals surface area contributed by atoms with Crippen LogP contribution in [-0.2, 0) is 23.1 Å². The number of rotatable bonds is 33. The number of nitrogens with zero attached hydrogens (tertiary/aromatic N) is 1. The first-order valence-corrected chi connectivity index (χ1v) is 19.3. The molecule has 44 heavy (non-hydrogen) atoms. The molecule has 0 bridgehead atoms. The molecule has 1 N–H and O–H groups in total. The van der Waals surface area contributed by atoms with Crippen LogP contribution in [0.1, 0.15) is 149 Å². The fourth-order valence-corrected chi connectivity index (χ4v) is 5.75. The lowest BCUT2D eigenvalue weighted by Gasteiger charge is -2.27. The van der Waals surface area contributed by atoms with Crippen molar-refractivity contribution in [3.05, 3.63) is 0 Å². The van der Waals surface area contributed by atoms with E-state index in [0.29, 0.717) is 24.1 Å². The van der Waals surface area contributed by atoms with Crippen LogP contribution in [0.5, 0.6) is 0 Å². The van der Waals surface area contributed by atoms with Gasteiger partial charge in [-0.3, -0.25) is 13.8 Å². The van der Waals surface area contributed by atoms with Crippen molar-refractivity contribution < 1.29 is 41.3 Å². The maximum absolute atomic E-state index is 15.3. The number of quaternary nitrogens is 1. The number of alkyl halides is 2. The lowest BCUT2D eigenvalue weighted by Crippen LogP contribution is -2.42. The normalized spacial score (nSPS) is 14.5. The van der Waals surface area contributed by atoms with E-state index in [1.807, 2.05) is 21.1 Å². The van der Waals surface area contributed by atoms with Gasteiger partial charge in [-0.2, -0.15) is 8.78 Å². The summed E-state index contributed by atoms with van der Waals surface area (Å²) in [4.78, 5) is 22.7. The summed E-state index contributed by atoms with van der Waals surface area (Å²) in [7, 11) is 1.13. The largest absolute Gasteiger partial charge is 0.472 e. The molecule has 2 unspecified atom stereocenters. The molecule has 0 aliphatic heterocycles. The predicted octanol–water partition coefficient (Wildman–Crippen LogP) is 9.90. The Balaban J connectivity index is 4.57. The number of Topliss-reactive ketones (excluding diaryl/α,β-unsaturated/α-hetero) is 1. The third kappa shape index (κ3) is 25.7. The van der Waals surface area contributed by atoms with Gasteiger partial charge in [-0.15, -0.1) is 0 Å². The average Bonchev–Trinajstić information content (AvgIpc) is 2.95. The van der Waals surface area contributed by atoms with Gasteiger partial charge in [0.1, 0.15) is 13.2 Å². The number of hydrogen-bond acceptors (Lipinski definition) is 5. The third-order valence-electron chi connectivity index (χ3n) is 8.06. The Kier molecular flexibility index (Phi) is 26.3. The molecule has 2 atom stereocenters. The van der Waals surface area contributed by atoms with E-state index in [-0.39, 0.29) is 13.0 Å². The molecule has 0 radical (unpaired) electrons. The number of ether oxygens (including phenoxy) is 1. The standard InChI is InChI=1S/C34H68F2NO6P/c1-6-8-10-12-14-15-16-17-18-19-20-21-22-24-26-33(38)34(35,36)32(30-41-28-25-23-13-11-9-7-2)31-43-44(39,40)42-29-27-37(3,4)5/h32H,6-31H2,1-5H3/p+1. The second-order valence-electron chi connectivity index (χ2n) is 13.5. The van der Waals surface area contributed by atoms with Crippen LogP contribution in [-0.4, -0.2) is 75.2 Å². The van der Waals surface area contributed by atoms with Crippen molar-refractivity contribution >= 4 is 13.6 Å².